The number of anilines is 9. The molecule has 20 aromatic rings. The fourth-order valence-corrected chi connectivity index (χ4v) is 16.6. The van der Waals surface area contributed by atoms with Crippen LogP contribution in [0.4, 0.5) is 51.2 Å². The van der Waals surface area contributed by atoms with Gasteiger partial charge in [0, 0.05) is 92.6 Å². The first-order valence-electron chi connectivity index (χ1n) is 38.6. The van der Waals surface area contributed by atoms with E-state index < -0.39 is 0 Å². The fourth-order valence-electron chi connectivity index (χ4n) is 15.8. The molecular weight excluding hydrogens is 1500 g/mol. The predicted octanol–water partition coefficient (Wildman–Crippen LogP) is 32.4. The summed E-state index contributed by atoms with van der Waals surface area (Å²) < 4.78 is 3.48. The van der Waals surface area contributed by atoms with E-state index in [1.54, 1.807) is 0 Å². The standard InChI is InChI=1S/C58H41N3.C34H24ClN.C16H10BrCl/c1-5-17-42(18-6-1)43-29-33-48(34-30-43)59(45-19-7-2-8-20-45)49-35-31-44(32-36-49)51-39-40-57(53-26-14-13-25-52(51)53)60(46-21-9-3-10-22-46)50-37-38-55-54-27-15-16-28-56(54)61(58(55)41-50)47-23-11-4-12-24-47;35-34-24-23-31(32-13-7-8-14-33(32)34)27-17-21-30(22-18-27)36(28-11-5-2-6-12-28)29-19-15-26(16-20-29)25-9-3-1-4-10-25;17-12-7-5-11(6-8-12)13-9-10-16(18)15-4-2-1-3-14(13)15/h1-41H;1-24H;1-10H. The number of para-hydroxylation sites is 5. The second-order valence-corrected chi connectivity index (χ2v) is 30.0. The highest BCUT2D eigenvalue weighted by atomic mass is 79.9. The molecule has 0 radical (unpaired) electrons. The molecule has 7 heteroatoms. The van der Waals surface area contributed by atoms with Crippen LogP contribution in [0.2, 0.25) is 10.0 Å². The lowest BCUT2D eigenvalue weighted by molar-refractivity contribution is 1.18. The molecule has 0 unspecified atom stereocenters. The zero-order valence-electron chi connectivity index (χ0n) is 62.7. The maximum Gasteiger partial charge on any atom is 0.0561 e. The summed E-state index contributed by atoms with van der Waals surface area (Å²) in [5.41, 5.74) is 25.4. The van der Waals surface area contributed by atoms with E-state index >= 15 is 0 Å². The third-order valence-electron chi connectivity index (χ3n) is 21.4. The van der Waals surface area contributed by atoms with Crippen LogP contribution in [0.15, 0.2) is 459 Å². The zero-order valence-corrected chi connectivity index (χ0v) is 65.8. The van der Waals surface area contributed by atoms with Gasteiger partial charge in [0.05, 0.1) is 16.7 Å². The molecule has 115 heavy (non-hydrogen) atoms. The molecule has 0 bridgehead atoms. The third-order valence-corrected chi connectivity index (χ3v) is 22.5. The number of benzene rings is 19. The van der Waals surface area contributed by atoms with E-state index in [0.29, 0.717) is 0 Å². The highest BCUT2D eigenvalue weighted by Gasteiger charge is 2.22. The molecule has 548 valence electrons. The van der Waals surface area contributed by atoms with Crippen LogP contribution < -0.4 is 14.7 Å². The average Bonchev–Trinajstić information content (AvgIpc) is 1.62. The second-order valence-electron chi connectivity index (χ2n) is 28.3. The molecule has 0 saturated heterocycles. The molecule has 20 rings (SSSR count). The Morgan fingerprint density at radius 2 is 0.478 bits per heavy atom. The SMILES string of the molecule is Clc1ccc(-c2ccc(Br)cc2)c2ccccc12.Clc1ccc(-c2ccc(N(c3ccccc3)c3ccc(-c4ccccc4)cc3)cc2)c2ccccc12.c1ccc(-c2ccc(N(c3ccccc3)c3ccc(-c4ccc(N(c5ccccc5)c5ccc6c7ccccc7n(-c7ccccc7)c6c5)c5ccccc45)cc3)cc2)cc1. The van der Waals surface area contributed by atoms with Crippen LogP contribution in [0.1, 0.15) is 0 Å². The Hall–Kier alpha value is -13.8. The summed E-state index contributed by atoms with van der Waals surface area (Å²) in [7, 11) is 0. The van der Waals surface area contributed by atoms with Gasteiger partial charge in [0.25, 0.3) is 0 Å². The van der Waals surface area contributed by atoms with Crippen molar-refractivity contribution in [3.63, 3.8) is 0 Å². The van der Waals surface area contributed by atoms with Crippen molar-refractivity contribution < 1.29 is 0 Å². The highest BCUT2D eigenvalue weighted by molar-refractivity contribution is 9.10. The molecule has 19 aromatic carbocycles. The number of aromatic nitrogens is 1. The van der Waals surface area contributed by atoms with E-state index in [1.165, 1.54) is 93.6 Å². The van der Waals surface area contributed by atoms with Crippen LogP contribution in [-0.4, -0.2) is 4.57 Å². The highest BCUT2D eigenvalue weighted by Crippen LogP contribution is 2.47. The topological polar surface area (TPSA) is 14.7 Å². The van der Waals surface area contributed by atoms with Gasteiger partial charge in [0.1, 0.15) is 0 Å². The summed E-state index contributed by atoms with van der Waals surface area (Å²) >= 11 is 16.2. The van der Waals surface area contributed by atoms with Gasteiger partial charge in [-0.15, -0.1) is 0 Å². The van der Waals surface area contributed by atoms with E-state index in [1.807, 2.05) is 36.4 Å². The Balaban J connectivity index is 0.000000142. The fraction of sp³-hybridized carbons (Fsp3) is 0. The number of hydrogen-bond acceptors (Lipinski definition) is 3. The number of nitrogens with zero attached hydrogens (tertiary/aromatic N) is 4. The Morgan fingerprint density at radius 3 is 0.904 bits per heavy atom. The van der Waals surface area contributed by atoms with Crippen LogP contribution >= 0.6 is 39.1 Å². The minimum atomic E-state index is 0.778. The lowest BCUT2D eigenvalue weighted by Crippen LogP contribution is -2.11. The number of rotatable bonds is 15. The van der Waals surface area contributed by atoms with Gasteiger partial charge in [-0.2, -0.15) is 0 Å². The lowest BCUT2D eigenvalue weighted by Gasteiger charge is -2.28. The van der Waals surface area contributed by atoms with Crippen LogP contribution in [-0.2, 0) is 0 Å². The largest absolute Gasteiger partial charge is 0.311 e. The number of fused-ring (bicyclic) bond motifs is 6. The first kappa shape index (κ1) is 72.7. The van der Waals surface area contributed by atoms with E-state index in [4.69, 9.17) is 23.2 Å². The van der Waals surface area contributed by atoms with Crippen molar-refractivity contribution in [3.8, 4) is 61.3 Å². The molecule has 0 aliphatic carbocycles. The minimum absolute atomic E-state index is 0.778. The molecule has 0 saturated carbocycles. The first-order chi connectivity index (χ1) is 56.8. The molecule has 0 amide bonds. The predicted molar refractivity (Wildman–Crippen MR) is 495 cm³/mol. The van der Waals surface area contributed by atoms with Gasteiger partial charge < -0.3 is 19.3 Å². The summed E-state index contributed by atoms with van der Waals surface area (Å²) in [6.45, 7) is 0. The van der Waals surface area contributed by atoms with Crippen LogP contribution in [0.25, 0.3) is 115 Å². The number of hydrogen-bond donors (Lipinski definition) is 0. The van der Waals surface area contributed by atoms with Crippen LogP contribution in [0, 0.1) is 0 Å². The quantitative estimate of drug-likeness (QED) is 0.102. The van der Waals surface area contributed by atoms with Gasteiger partial charge in [-0.1, -0.05) is 349 Å². The second kappa shape index (κ2) is 33.3. The van der Waals surface area contributed by atoms with Crippen molar-refractivity contribution in [2.24, 2.45) is 0 Å². The molecular formula is C108H75BrCl2N4. The molecule has 1 heterocycles. The Bertz CT molecular complexity index is 6750. The van der Waals surface area contributed by atoms with Crippen molar-refractivity contribution in [2.75, 3.05) is 14.7 Å². The van der Waals surface area contributed by atoms with E-state index in [2.05, 4.69) is 454 Å². The summed E-state index contributed by atoms with van der Waals surface area (Å²) in [5, 5.41) is 11.0. The van der Waals surface area contributed by atoms with Crippen molar-refractivity contribution in [1.29, 1.82) is 0 Å². The molecule has 0 aliphatic rings. The van der Waals surface area contributed by atoms with E-state index in [0.717, 1.165) is 87.6 Å². The summed E-state index contributed by atoms with van der Waals surface area (Å²) in [6.07, 6.45) is 0. The minimum Gasteiger partial charge on any atom is -0.311 e. The molecule has 0 N–H and O–H groups in total. The van der Waals surface area contributed by atoms with E-state index in [-0.39, 0.29) is 0 Å². The van der Waals surface area contributed by atoms with Crippen LogP contribution in [0.3, 0.4) is 0 Å². The smallest absolute Gasteiger partial charge is 0.0561 e. The summed E-state index contributed by atoms with van der Waals surface area (Å²) in [4.78, 5) is 7.02. The summed E-state index contributed by atoms with van der Waals surface area (Å²) in [5.74, 6) is 0. The monoisotopic (exact) mass is 1580 g/mol. The number of halogens is 3. The molecule has 4 nitrogen and oxygen atoms in total. The van der Waals surface area contributed by atoms with Gasteiger partial charge in [-0.3, -0.25) is 0 Å². The van der Waals surface area contributed by atoms with E-state index in [9.17, 15) is 0 Å². The zero-order chi connectivity index (χ0) is 77.4. The first-order valence-corrected chi connectivity index (χ1v) is 40.1. The lowest BCUT2D eigenvalue weighted by atomic mass is 9.96. The maximum absolute atomic E-state index is 6.46. The Morgan fingerprint density at radius 1 is 0.191 bits per heavy atom. The van der Waals surface area contributed by atoms with Crippen molar-refractivity contribution >= 4 is 144 Å². The van der Waals surface area contributed by atoms with Gasteiger partial charge in [-0.25, -0.2) is 0 Å². The molecule has 1 aromatic heterocycles. The molecule has 0 fully saturated rings. The molecule has 0 atom stereocenters. The van der Waals surface area contributed by atoms with Crippen molar-refractivity contribution in [3.05, 3.63) is 469 Å². The van der Waals surface area contributed by atoms with Gasteiger partial charge in [-0.05, 0) is 217 Å². The Kier molecular flexibility index (Phi) is 21.0. The maximum atomic E-state index is 6.46. The normalized spacial score (nSPS) is 11.1. The third kappa shape index (κ3) is 15.2. The van der Waals surface area contributed by atoms with Gasteiger partial charge >= 0.3 is 0 Å². The molecule has 0 aliphatic heterocycles. The van der Waals surface area contributed by atoms with Crippen molar-refractivity contribution in [2.45, 2.75) is 0 Å². The Labute approximate surface area is 689 Å². The average molecular weight is 1580 g/mol. The van der Waals surface area contributed by atoms with Gasteiger partial charge in [0.2, 0.25) is 0 Å². The van der Waals surface area contributed by atoms with Crippen LogP contribution in [0.5, 0.6) is 0 Å². The van der Waals surface area contributed by atoms with Gasteiger partial charge in [0.15, 0.2) is 0 Å². The molecule has 0 spiro atoms. The van der Waals surface area contributed by atoms with Crippen molar-refractivity contribution in [1.82, 2.24) is 4.57 Å². The summed E-state index contributed by atoms with van der Waals surface area (Å²) in [6, 6.07) is 161.